The maximum Gasteiger partial charge on any atom is 0.175 e. The van der Waals surface area contributed by atoms with Crippen molar-refractivity contribution in [3.05, 3.63) is 29.8 Å². The van der Waals surface area contributed by atoms with Crippen molar-refractivity contribution in [1.82, 2.24) is 4.90 Å². The Kier molecular flexibility index (Phi) is 5.44. The third-order valence-electron chi connectivity index (χ3n) is 3.78. The fraction of sp³-hybridized carbons (Fsp3) is 0.571. The van der Waals surface area contributed by atoms with E-state index in [-0.39, 0.29) is 5.92 Å². The fourth-order valence-electron chi connectivity index (χ4n) is 2.68. The first-order chi connectivity index (χ1) is 9.41. The monoisotopic (exact) mass is 409 g/mol. The predicted octanol–water partition coefficient (Wildman–Crippen LogP) is 1.68. The number of benzene rings is 1. The van der Waals surface area contributed by atoms with E-state index in [2.05, 4.69) is 27.5 Å². The maximum atomic E-state index is 11.6. The van der Waals surface area contributed by atoms with Crippen LogP contribution in [0.5, 0.6) is 0 Å². The van der Waals surface area contributed by atoms with Crippen LogP contribution in [0.3, 0.4) is 0 Å². The predicted molar refractivity (Wildman–Crippen MR) is 88.2 cm³/mol. The van der Waals surface area contributed by atoms with E-state index in [1.165, 1.54) is 6.26 Å². The standard InChI is InChI=1S/C14H20INO3S/c1-20(18,19)12-4-2-3-11(9-12)13-5-7-16(8-6-15)10-14(13)17/h2-4,9,13-14,17H,5-8,10H2,1H3/t13-,14-/m0/s1. The first-order valence-electron chi connectivity index (χ1n) is 6.68. The van der Waals surface area contributed by atoms with E-state index in [4.69, 9.17) is 0 Å². The molecule has 0 saturated carbocycles. The third kappa shape index (κ3) is 3.93. The molecule has 4 nitrogen and oxygen atoms in total. The van der Waals surface area contributed by atoms with Crippen molar-refractivity contribution >= 4 is 32.4 Å². The number of halogens is 1. The van der Waals surface area contributed by atoms with Crippen molar-refractivity contribution < 1.29 is 13.5 Å². The van der Waals surface area contributed by atoms with Crippen LogP contribution < -0.4 is 0 Å². The lowest BCUT2D eigenvalue weighted by Gasteiger charge is -2.36. The molecule has 1 saturated heterocycles. The highest BCUT2D eigenvalue weighted by molar-refractivity contribution is 14.1. The molecule has 0 unspecified atom stereocenters. The second kappa shape index (κ2) is 6.72. The molecular formula is C14H20INO3S. The molecule has 0 radical (unpaired) electrons. The highest BCUT2D eigenvalue weighted by atomic mass is 127. The molecule has 6 heteroatoms. The van der Waals surface area contributed by atoms with E-state index < -0.39 is 15.9 Å². The van der Waals surface area contributed by atoms with E-state index in [9.17, 15) is 13.5 Å². The molecule has 1 aliphatic heterocycles. The summed E-state index contributed by atoms with van der Waals surface area (Å²) < 4.78 is 24.3. The van der Waals surface area contributed by atoms with Crippen LogP contribution in [0.2, 0.25) is 0 Å². The van der Waals surface area contributed by atoms with Gasteiger partial charge in [-0.3, -0.25) is 4.90 Å². The molecule has 1 N–H and O–H groups in total. The number of nitrogens with zero attached hydrogens (tertiary/aromatic N) is 1. The van der Waals surface area contributed by atoms with E-state index in [1.807, 2.05) is 6.07 Å². The molecule has 0 amide bonds. The Balaban J connectivity index is 2.17. The Bertz CT molecular complexity index is 561. The van der Waals surface area contributed by atoms with Gasteiger partial charge in [-0.15, -0.1) is 0 Å². The zero-order valence-corrected chi connectivity index (χ0v) is 14.5. The quantitative estimate of drug-likeness (QED) is 0.608. The Labute approximate surface area is 134 Å². The molecule has 1 heterocycles. The first-order valence-corrected chi connectivity index (χ1v) is 10.1. The summed E-state index contributed by atoms with van der Waals surface area (Å²) in [6, 6.07) is 6.99. The number of hydrogen-bond donors (Lipinski definition) is 1. The van der Waals surface area contributed by atoms with Gasteiger partial charge < -0.3 is 5.11 Å². The van der Waals surface area contributed by atoms with Crippen LogP contribution in [0.4, 0.5) is 0 Å². The Hall–Kier alpha value is -0.180. The van der Waals surface area contributed by atoms with Crippen LogP contribution in [0.1, 0.15) is 17.9 Å². The summed E-state index contributed by atoms with van der Waals surface area (Å²) in [5, 5.41) is 10.3. The van der Waals surface area contributed by atoms with Gasteiger partial charge in [0, 0.05) is 29.7 Å². The van der Waals surface area contributed by atoms with Crippen molar-refractivity contribution in [2.24, 2.45) is 0 Å². The summed E-state index contributed by atoms with van der Waals surface area (Å²) in [6.07, 6.45) is 1.65. The van der Waals surface area contributed by atoms with Gasteiger partial charge in [0.05, 0.1) is 11.0 Å². The summed E-state index contributed by atoms with van der Waals surface area (Å²) >= 11 is 2.34. The molecule has 0 aliphatic carbocycles. The highest BCUT2D eigenvalue weighted by Gasteiger charge is 2.28. The van der Waals surface area contributed by atoms with Crippen LogP contribution in [0, 0.1) is 0 Å². The second-order valence-corrected chi connectivity index (χ2v) is 8.39. The minimum absolute atomic E-state index is 0.0298. The van der Waals surface area contributed by atoms with Gasteiger partial charge in [-0.05, 0) is 30.7 Å². The molecule has 112 valence electrons. The number of piperidine rings is 1. The fourth-order valence-corrected chi connectivity index (χ4v) is 4.04. The second-order valence-electron chi connectivity index (χ2n) is 5.30. The Morgan fingerprint density at radius 1 is 1.45 bits per heavy atom. The first kappa shape index (κ1) is 16.2. The van der Waals surface area contributed by atoms with Crippen LogP contribution in [-0.2, 0) is 9.84 Å². The number of alkyl halides is 1. The Morgan fingerprint density at radius 2 is 2.20 bits per heavy atom. The van der Waals surface area contributed by atoms with Gasteiger partial charge in [-0.25, -0.2) is 8.42 Å². The van der Waals surface area contributed by atoms with Crippen molar-refractivity contribution in [1.29, 1.82) is 0 Å². The number of β-amino-alcohol motifs (C(OH)–C–C–N with tert-alkyl or cyclic N) is 1. The van der Waals surface area contributed by atoms with Crippen molar-refractivity contribution in [2.75, 3.05) is 30.3 Å². The van der Waals surface area contributed by atoms with Gasteiger partial charge >= 0.3 is 0 Å². The van der Waals surface area contributed by atoms with Gasteiger partial charge in [0.25, 0.3) is 0 Å². The summed E-state index contributed by atoms with van der Waals surface area (Å²) in [5.74, 6) is 0.0298. The minimum atomic E-state index is -3.19. The van der Waals surface area contributed by atoms with E-state index in [1.54, 1.807) is 18.2 Å². The number of likely N-dealkylation sites (tertiary alicyclic amines) is 1. The van der Waals surface area contributed by atoms with Crippen LogP contribution in [0.25, 0.3) is 0 Å². The molecule has 20 heavy (non-hydrogen) atoms. The van der Waals surface area contributed by atoms with E-state index in [0.29, 0.717) is 11.4 Å². The van der Waals surface area contributed by atoms with Crippen molar-refractivity contribution in [3.8, 4) is 0 Å². The molecule has 1 fully saturated rings. The lowest BCUT2D eigenvalue weighted by molar-refractivity contribution is 0.0547. The molecule has 0 bridgehead atoms. The lowest BCUT2D eigenvalue weighted by atomic mass is 9.87. The molecule has 1 aromatic carbocycles. The average molecular weight is 409 g/mol. The summed E-state index contributed by atoms with van der Waals surface area (Å²) in [5.41, 5.74) is 0.926. The van der Waals surface area contributed by atoms with Gasteiger partial charge in [-0.1, -0.05) is 34.7 Å². The van der Waals surface area contributed by atoms with Gasteiger partial charge in [0.2, 0.25) is 0 Å². The molecule has 2 rings (SSSR count). The number of aliphatic hydroxyl groups excluding tert-OH is 1. The highest BCUT2D eigenvalue weighted by Crippen LogP contribution is 2.29. The van der Waals surface area contributed by atoms with Crippen LogP contribution in [0.15, 0.2) is 29.2 Å². The molecular weight excluding hydrogens is 389 g/mol. The smallest absolute Gasteiger partial charge is 0.175 e. The molecule has 0 spiro atoms. The van der Waals surface area contributed by atoms with Gasteiger partial charge in [0.1, 0.15) is 0 Å². The molecule has 1 aliphatic rings. The minimum Gasteiger partial charge on any atom is -0.391 e. The molecule has 0 aromatic heterocycles. The van der Waals surface area contributed by atoms with E-state index >= 15 is 0 Å². The van der Waals surface area contributed by atoms with E-state index in [0.717, 1.165) is 29.5 Å². The summed E-state index contributed by atoms with van der Waals surface area (Å²) in [4.78, 5) is 2.59. The number of aliphatic hydroxyl groups is 1. The number of hydrogen-bond acceptors (Lipinski definition) is 4. The molecule has 1 aromatic rings. The van der Waals surface area contributed by atoms with Gasteiger partial charge in [0.15, 0.2) is 9.84 Å². The maximum absolute atomic E-state index is 11.6. The zero-order chi connectivity index (χ0) is 14.8. The number of rotatable bonds is 4. The molecule has 2 atom stereocenters. The normalized spacial score (nSPS) is 24.8. The van der Waals surface area contributed by atoms with Crippen molar-refractivity contribution in [2.45, 2.75) is 23.3 Å². The topological polar surface area (TPSA) is 57.6 Å². The zero-order valence-electron chi connectivity index (χ0n) is 11.5. The van der Waals surface area contributed by atoms with Crippen LogP contribution in [-0.4, -0.2) is 54.8 Å². The van der Waals surface area contributed by atoms with Gasteiger partial charge in [-0.2, -0.15) is 0 Å². The summed E-state index contributed by atoms with van der Waals surface area (Å²) in [7, 11) is -3.19. The SMILES string of the molecule is CS(=O)(=O)c1cccc([C@@H]2CCN(CCI)C[C@@H]2O)c1. The average Bonchev–Trinajstić information content (AvgIpc) is 2.38. The van der Waals surface area contributed by atoms with Crippen LogP contribution >= 0.6 is 22.6 Å². The third-order valence-corrected chi connectivity index (χ3v) is 5.37. The largest absolute Gasteiger partial charge is 0.391 e. The van der Waals surface area contributed by atoms with Crippen molar-refractivity contribution in [3.63, 3.8) is 0 Å². The Morgan fingerprint density at radius 3 is 2.80 bits per heavy atom. The summed E-state index contributed by atoms with van der Waals surface area (Å²) in [6.45, 7) is 2.61. The lowest BCUT2D eigenvalue weighted by Crippen LogP contribution is -2.43. The number of sulfone groups is 1.